The van der Waals surface area contributed by atoms with Crippen LogP contribution in [0.2, 0.25) is 0 Å². The predicted molar refractivity (Wildman–Crippen MR) is 78.4 cm³/mol. The first-order chi connectivity index (χ1) is 9.29. The average Bonchev–Trinajstić information content (AvgIpc) is 3.00. The topological polar surface area (TPSA) is 52.0 Å². The molecule has 0 atom stereocenters. The maximum atomic E-state index is 5.83. The summed E-state index contributed by atoms with van der Waals surface area (Å²) in [6.07, 6.45) is 5.00. The largest absolute Gasteiger partial charge is 0.435 e. The molecule has 1 aliphatic rings. The monoisotopic (exact) mass is 270 g/mol. The van der Waals surface area contributed by atoms with Gasteiger partial charge in [-0.05, 0) is 49.4 Å². The number of rotatable bonds is 1. The molecule has 2 N–H and O–H groups in total. The van der Waals surface area contributed by atoms with Crippen molar-refractivity contribution >= 4 is 28.1 Å². The van der Waals surface area contributed by atoms with E-state index in [1.54, 1.807) is 0 Å². The summed E-state index contributed by atoms with van der Waals surface area (Å²) in [5.74, 6) is 0.722. The first-order valence-corrected chi connectivity index (χ1v) is 7.39. The van der Waals surface area contributed by atoms with Crippen molar-refractivity contribution in [2.24, 2.45) is 0 Å². The van der Waals surface area contributed by atoms with Crippen molar-refractivity contribution in [3.63, 3.8) is 0 Å². The molecule has 3 nitrogen and oxygen atoms in total. The Hall–Kier alpha value is -1.81. The molecule has 0 saturated heterocycles. The van der Waals surface area contributed by atoms with E-state index in [1.165, 1.54) is 36.1 Å². The second-order valence-electron chi connectivity index (χ2n) is 5.01. The Labute approximate surface area is 115 Å². The van der Waals surface area contributed by atoms with Crippen LogP contribution in [0.1, 0.15) is 23.3 Å². The molecule has 3 aromatic rings. The van der Waals surface area contributed by atoms with Gasteiger partial charge in [0, 0.05) is 16.6 Å². The van der Waals surface area contributed by atoms with E-state index in [4.69, 9.17) is 10.2 Å². The highest BCUT2D eigenvalue weighted by molar-refractivity contribution is 7.15. The Bertz CT molecular complexity index is 733. The molecule has 19 heavy (non-hydrogen) atoms. The fraction of sp³-hybridized carbons (Fsp3) is 0.267. The number of nitrogens with zero attached hydrogens (tertiary/aromatic N) is 1. The number of fused-ring (bicyclic) bond motifs is 2. The van der Waals surface area contributed by atoms with Gasteiger partial charge in [0.2, 0.25) is 5.89 Å². The molecule has 4 rings (SSSR count). The number of thiophene rings is 1. The number of aryl methyl sites for hydroxylation is 2. The molecule has 0 amide bonds. The Kier molecular flexibility index (Phi) is 2.38. The van der Waals surface area contributed by atoms with Crippen molar-refractivity contribution < 1.29 is 4.42 Å². The lowest BCUT2D eigenvalue weighted by molar-refractivity contribution is 0.621. The lowest BCUT2D eigenvalue weighted by Gasteiger charge is -2.08. The minimum absolute atomic E-state index is 0.709. The number of nitrogens with two attached hydrogens (primary N) is 1. The SMILES string of the molecule is Nc1ccc2nc(-c3cc4c(s3)CCCC4)oc2c1. The summed E-state index contributed by atoms with van der Waals surface area (Å²) in [4.78, 5) is 7.20. The fourth-order valence-corrected chi connectivity index (χ4v) is 3.82. The third kappa shape index (κ3) is 1.83. The predicted octanol–water partition coefficient (Wildman–Crippen LogP) is 4.02. The molecule has 0 unspecified atom stereocenters. The number of nitrogen functional groups attached to an aromatic ring is 1. The van der Waals surface area contributed by atoms with Crippen molar-refractivity contribution in [1.29, 1.82) is 0 Å². The Morgan fingerprint density at radius 2 is 2.05 bits per heavy atom. The molecule has 96 valence electrons. The van der Waals surface area contributed by atoms with Gasteiger partial charge in [-0.25, -0.2) is 4.98 Å². The van der Waals surface area contributed by atoms with E-state index >= 15 is 0 Å². The van der Waals surface area contributed by atoms with Gasteiger partial charge in [0.05, 0.1) is 4.88 Å². The van der Waals surface area contributed by atoms with Crippen molar-refractivity contribution in [3.05, 3.63) is 34.7 Å². The van der Waals surface area contributed by atoms with Crippen LogP contribution in [0.15, 0.2) is 28.7 Å². The summed E-state index contributed by atoms with van der Waals surface area (Å²) in [6.45, 7) is 0. The Morgan fingerprint density at radius 1 is 1.16 bits per heavy atom. The quantitative estimate of drug-likeness (QED) is 0.679. The standard InChI is InChI=1S/C15H14N2OS/c16-10-5-6-11-12(8-10)18-15(17-11)14-7-9-3-1-2-4-13(9)19-14/h5-8H,1-4,16H2. The highest BCUT2D eigenvalue weighted by Gasteiger charge is 2.17. The van der Waals surface area contributed by atoms with Gasteiger partial charge in [0.1, 0.15) is 5.52 Å². The lowest BCUT2D eigenvalue weighted by Crippen LogP contribution is -1.96. The van der Waals surface area contributed by atoms with Gasteiger partial charge in [-0.2, -0.15) is 0 Å². The van der Waals surface area contributed by atoms with E-state index in [0.717, 1.165) is 21.9 Å². The number of hydrogen-bond donors (Lipinski definition) is 1. The summed E-state index contributed by atoms with van der Waals surface area (Å²) in [5, 5.41) is 0. The maximum absolute atomic E-state index is 5.83. The molecular formula is C15H14N2OS. The van der Waals surface area contributed by atoms with Crippen LogP contribution in [0.3, 0.4) is 0 Å². The molecule has 0 saturated carbocycles. The zero-order chi connectivity index (χ0) is 12.8. The van der Waals surface area contributed by atoms with E-state index in [1.807, 2.05) is 29.5 Å². The summed E-state index contributed by atoms with van der Waals surface area (Å²) < 4.78 is 5.83. The normalized spacial score (nSPS) is 14.7. The first-order valence-electron chi connectivity index (χ1n) is 6.57. The van der Waals surface area contributed by atoms with Crippen LogP contribution < -0.4 is 5.73 Å². The summed E-state index contributed by atoms with van der Waals surface area (Å²) >= 11 is 1.82. The molecule has 1 aromatic carbocycles. The first kappa shape index (κ1) is 11.1. The van der Waals surface area contributed by atoms with Gasteiger partial charge < -0.3 is 10.2 Å². The Morgan fingerprint density at radius 3 is 2.95 bits per heavy atom. The van der Waals surface area contributed by atoms with Gasteiger partial charge in [-0.1, -0.05) is 0 Å². The molecule has 0 fully saturated rings. The van der Waals surface area contributed by atoms with Crippen LogP contribution in [0.5, 0.6) is 0 Å². The number of aromatic nitrogens is 1. The Balaban J connectivity index is 1.83. The van der Waals surface area contributed by atoms with E-state index in [9.17, 15) is 0 Å². The van der Waals surface area contributed by atoms with Crippen LogP contribution in [-0.4, -0.2) is 4.98 Å². The third-order valence-corrected chi connectivity index (χ3v) is 4.84. The lowest BCUT2D eigenvalue weighted by atomic mass is 9.99. The van der Waals surface area contributed by atoms with E-state index in [0.29, 0.717) is 5.69 Å². The smallest absolute Gasteiger partial charge is 0.237 e. The van der Waals surface area contributed by atoms with Gasteiger partial charge in [-0.15, -0.1) is 11.3 Å². The summed E-state index contributed by atoms with van der Waals surface area (Å²) in [6, 6.07) is 7.84. The van der Waals surface area contributed by atoms with Gasteiger partial charge in [0.25, 0.3) is 0 Å². The zero-order valence-electron chi connectivity index (χ0n) is 10.5. The number of anilines is 1. The highest BCUT2D eigenvalue weighted by atomic mass is 32.1. The van der Waals surface area contributed by atoms with Gasteiger partial charge in [-0.3, -0.25) is 0 Å². The molecule has 0 bridgehead atoms. The molecule has 1 aliphatic carbocycles. The van der Waals surface area contributed by atoms with E-state index in [2.05, 4.69) is 11.1 Å². The molecular weight excluding hydrogens is 256 g/mol. The van der Waals surface area contributed by atoms with Gasteiger partial charge >= 0.3 is 0 Å². The highest BCUT2D eigenvalue weighted by Crippen LogP contribution is 2.36. The number of oxazole rings is 1. The average molecular weight is 270 g/mol. The van der Waals surface area contributed by atoms with Crippen LogP contribution in [0, 0.1) is 0 Å². The van der Waals surface area contributed by atoms with Gasteiger partial charge in [0.15, 0.2) is 5.58 Å². The molecule has 2 heterocycles. The van der Waals surface area contributed by atoms with E-state index in [-0.39, 0.29) is 0 Å². The molecule has 4 heteroatoms. The second kappa shape index (κ2) is 4.10. The van der Waals surface area contributed by atoms with Crippen LogP contribution in [0.4, 0.5) is 5.69 Å². The number of benzene rings is 1. The van der Waals surface area contributed by atoms with E-state index < -0.39 is 0 Å². The fourth-order valence-electron chi connectivity index (χ4n) is 2.64. The van der Waals surface area contributed by atoms with Crippen molar-refractivity contribution in [3.8, 4) is 10.8 Å². The van der Waals surface area contributed by atoms with Crippen LogP contribution in [0.25, 0.3) is 21.9 Å². The van der Waals surface area contributed by atoms with Crippen molar-refractivity contribution in [1.82, 2.24) is 4.98 Å². The molecule has 0 spiro atoms. The second-order valence-corrected chi connectivity index (χ2v) is 6.15. The van der Waals surface area contributed by atoms with Crippen molar-refractivity contribution in [2.45, 2.75) is 25.7 Å². The minimum Gasteiger partial charge on any atom is -0.435 e. The molecule has 0 aliphatic heterocycles. The van der Waals surface area contributed by atoms with Crippen molar-refractivity contribution in [2.75, 3.05) is 5.73 Å². The number of hydrogen-bond acceptors (Lipinski definition) is 4. The molecule has 0 radical (unpaired) electrons. The minimum atomic E-state index is 0.709. The molecule has 2 aromatic heterocycles. The third-order valence-electron chi connectivity index (χ3n) is 3.62. The van der Waals surface area contributed by atoms with Crippen LogP contribution in [-0.2, 0) is 12.8 Å². The summed E-state index contributed by atoms with van der Waals surface area (Å²) in [5.41, 5.74) is 9.59. The maximum Gasteiger partial charge on any atom is 0.237 e. The zero-order valence-corrected chi connectivity index (χ0v) is 11.3. The van der Waals surface area contributed by atoms with Crippen LogP contribution >= 0.6 is 11.3 Å². The summed E-state index contributed by atoms with van der Waals surface area (Å²) in [7, 11) is 0.